The van der Waals surface area contributed by atoms with E-state index in [-0.39, 0.29) is 0 Å². The lowest BCUT2D eigenvalue weighted by Gasteiger charge is -2.17. The molecular weight excluding hydrogens is 254 g/mol. The third kappa shape index (κ3) is 3.80. The first-order chi connectivity index (χ1) is 8.15. The zero-order valence-electron chi connectivity index (χ0n) is 10.1. The van der Waals surface area contributed by atoms with Gasteiger partial charge in [0.2, 0.25) is 0 Å². The van der Waals surface area contributed by atoms with E-state index in [9.17, 15) is 4.79 Å². The highest BCUT2D eigenvalue weighted by Gasteiger charge is 2.24. The number of hydrogen-bond donors (Lipinski definition) is 0. The van der Waals surface area contributed by atoms with Crippen LogP contribution in [0.4, 0.5) is 0 Å². The maximum atomic E-state index is 11.5. The van der Waals surface area contributed by atoms with Gasteiger partial charge in [0.15, 0.2) is 0 Å². The largest absolute Gasteiger partial charge is 0.301 e. The summed E-state index contributed by atoms with van der Waals surface area (Å²) in [5.41, 5.74) is 0. The fraction of sp³-hybridized carbons (Fsp3) is 0.615. The Hall–Kier alpha value is -0.380. The average Bonchev–Trinajstić information content (AvgIpc) is 2.85. The van der Waals surface area contributed by atoms with Crippen LogP contribution in [0.1, 0.15) is 30.6 Å². The number of carbonyl (C=O) groups excluding carboxylic acids is 1. The molecule has 0 radical (unpaired) electrons. The van der Waals surface area contributed by atoms with Crippen molar-refractivity contribution in [2.75, 3.05) is 13.6 Å². The van der Waals surface area contributed by atoms with Gasteiger partial charge in [-0.15, -0.1) is 11.3 Å². The van der Waals surface area contributed by atoms with Gasteiger partial charge < -0.3 is 4.90 Å². The highest BCUT2D eigenvalue weighted by Crippen LogP contribution is 2.25. The summed E-state index contributed by atoms with van der Waals surface area (Å²) in [5, 5.41) is 0. The van der Waals surface area contributed by atoms with Gasteiger partial charge in [-0.05, 0) is 45.0 Å². The van der Waals surface area contributed by atoms with Gasteiger partial charge in [-0.1, -0.05) is 11.6 Å². The molecule has 94 valence electrons. The number of ketones is 1. The van der Waals surface area contributed by atoms with Crippen LogP contribution < -0.4 is 0 Å². The van der Waals surface area contributed by atoms with E-state index in [0.29, 0.717) is 11.7 Å². The second-order valence-corrected chi connectivity index (χ2v) is 6.59. The molecule has 1 heterocycles. The predicted octanol–water partition coefficient (Wildman–Crippen LogP) is 3.59. The Morgan fingerprint density at radius 3 is 2.94 bits per heavy atom. The maximum Gasteiger partial charge on any atom is 0.136 e. The van der Waals surface area contributed by atoms with E-state index >= 15 is 0 Å². The molecule has 2 nitrogen and oxygen atoms in total. The monoisotopic (exact) mass is 271 g/mol. The Balaban J connectivity index is 1.74. The Bertz CT molecular complexity index is 391. The van der Waals surface area contributed by atoms with E-state index in [1.165, 1.54) is 4.88 Å². The van der Waals surface area contributed by atoms with Crippen molar-refractivity contribution in [1.29, 1.82) is 0 Å². The molecule has 0 N–H and O–H groups in total. The fourth-order valence-electron chi connectivity index (χ4n) is 2.35. The summed E-state index contributed by atoms with van der Waals surface area (Å²) in [4.78, 5) is 15.1. The van der Waals surface area contributed by atoms with Crippen LogP contribution in [0.2, 0.25) is 4.34 Å². The first kappa shape index (κ1) is 13.1. The molecule has 0 amide bonds. The number of halogens is 1. The minimum atomic E-state index is 0.323. The van der Waals surface area contributed by atoms with Gasteiger partial charge in [0.05, 0.1) is 4.34 Å². The molecule has 1 atom stereocenters. The molecule has 2 rings (SSSR count). The van der Waals surface area contributed by atoms with Gasteiger partial charge in [0.1, 0.15) is 5.78 Å². The maximum absolute atomic E-state index is 11.5. The first-order valence-electron chi connectivity index (χ1n) is 6.10. The molecule has 0 aliphatic heterocycles. The van der Waals surface area contributed by atoms with E-state index in [4.69, 9.17) is 11.6 Å². The summed E-state index contributed by atoms with van der Waals surface area (Å²) in [5.74, 6) is 0.793. The first-order valence-corrected chi connectivity index (χ1v) is 7.30. The van der Waals surface area contributed by atoms with Crippen LogP contribution in [0, 0.1) is 5.92 Å². The second kappa shape index (κ2) is 5.98. The SMILES string of the molecule is CN(CCC1CCCC1=O)Cc1ccc(Cl)s1. The van der Waals surface area contributed by atoms with Crippen LogP contribution in [-0.4, -0.2) is 24.3 Å². The minimum Gasteiger partial charge on any atom is -0.301 e. The lowest BCUT2D eigenvalue weighted by Crippen LogP contribution is -2.22. The lowest BCUT2D eigenvalue weighted by molar-refractivity contribution is -0.120. The van der Waals surface area contributed by atoms with E-state index in [1.54, 1.807) is 11.3 Å². The van der Waals surface area contributed by atoms with Crippen LogP contribution in [0.3, 0.4) is 0 Å². The van der Waals surface area contributed by atoms with E-state index < -0.39 is 0 Å². The quantitative estimate of drug-likeness (QED) is 0.816. The van der Waals surface area contributed by atoms with E-state index in [2.05, 4.69) is 18.0 Å². The minimum absolute atomic E-state index is 0.323. The predicted molar refractivity (Wildman–Crippen MR) is 72.6 cm³/mol. The summed E-state index contributed by atoms with van der Waals surface area (Å²) in [6, 6.07) is 4.01. The summed E-state index contributed by atoms with van der Waals surface area (Å²) in [7, 11) is 2.10. The van der Waals surface area contributed by atoms with E-state index in [1.807, 2.05) is 6.07 Å². The topological polar surface area (TPSA) is 20.3 Å². The normalized spacial score (nSPS) is 20.4. The Morgan fingerprint density at radius 1 is 1.53 bits per heavy atom. The molecule has 0 aromatic carbocycles. The zero-order valence-corrected chi connectivity index (χ0v) is 11.7. The third-order valence-electron chi connectivity index (χ3n) is 3.34. The smallest absolute Gasteiger partial charge is 0.136 e. The third-order valence-corrected chi connectivity index (χ3v) is 4.56. The fourth-order valence-corrected chi connectivity index (χ4v) is 3.52. The van der Waals surface area contributed by atoms with Crippen LogP contribution >= 0.6 is 22.9 Å². The van der Waals surface area contributed by atoms with Crippen molar-refractivity contribution in [1.82, 2.24) is 4.90 Å². The molecule has 0 bridgehead atoms. The number of thiophene rings is 1. The average molecular weight is 272 g/mol. The van der Waals surface area contributed by atoms with Crippen LogP contribution in [0.25, 0.3) is 0 Å². The van der Waals surface area contributed by atoms with Gasteiger partial charge in [-0.25, -0.2) is 0 Å². The summed E-state index contributed by atoms with van der Waals surface area (Å²) in [6.07, 6.45) is 3.99. The lowest BCUT2D eigenvalue weighted by atomic mass is 10.0. The molecule has 0 saturated heterocycles. The second-order valence-electron chi connectivity index (χ2n) is 4.79. The Labute approximate surface area is 112 Å². The molecule has 1 aromatic heterocycles. The zero-order chi connectivity index (χ0) is 12.3. The van der Waals surface area contributed by atoms with Crippen molar-refractivity contribution < 1.29 is 4.79 Å². The summed E-state index contributed by atoms with van der Waals surface area (Å²) in [6.45, 7) is 1.92. The molecule has 1 saturated carbocycles. The van der Waals surface area contributed by atoms with Crippen molar-refractivity contribution in [3.05, 3.63) is 21.3 Å². The molecule has 0 spiro atoms. The van der Waals surface area contributed by atoms with Gasteiger partial charge in [0, 0.05) is 23.8 Å². The number of hydrogen-bond acceptors (Lipinski definition) is 3. The molecule has 1 aliphatic carbocycles. The van der Waals surface area contributed by atoms with Gasteiger partial charge >= 0.3 is 0 Å². The van der Waals surface area contributed by atoms with Crippen molar-refractivity contribution in [2.45, 2.75) is 32.2 Å². The van der Waals surface area contributed by atoms with Crippen LogP contribution in [0.15, 0.2) is 12.1 Å². The van der Waals surface area contributed by atoms with Crippen molar-refractivity contribution >= 4 is 28.7 Å². The molecule has 4 heteroatoms. The van der Waals surface area contributed by atoms with Gasteiger partial charge in [-0.2, -0.15) is 0 Å². The van der Waals surface area contributed by atoms with E-state index in [0.717, 1.165) is 43.1 Å². The van der Waals surface area contributed by atoms with Crippen molar-refractivity contribution in [2.24, 2.45) is 5.92 Å². The van der Waals surface area contributed by atoms with Crippen molar-refractivity contribution in [3.63, 3.8) is 0 Å². The Kier molecular flexibility index (Phi) is 4.60. The molecule has 1 aromatic rings. The highest BCUT2D eigenvalue weighted by molar-refractivity contribution is 7.16. The Morgan fingerprint density at radius 2 is 2.35 bits per heavy atom. The summed E-state index contributed by atoms with van der Waals surface area (Å²) < 4.78 is 0.847. The molecule has 1 aliphatic rings. The molecule has 1 fully saturated rings. The molecule has 1 unspecified atom stereocenters. The molecule has 17 heavy (non-hydrogen) atoms. The molecular formula is C13H18ClNOS. The van der Waals surface area contributed by atoms with Crippen LogP contribution in [-0.2, 0) is 11.3 Å². The van der Waals surface area contributed by atoms with Gasteiger partial charge in [-0.3, -0.25) is 4.79 Å². The highest BCUT2D eigenvalue weighted by atomic mass is 35.5. The number of nitrogens with zero attached hydrogens (tertiary/aromatic N) is 1. The standard InChI is InChI=1S/C13H18ClNOS/c1-15(9-11-5-6-13(14)17-11)8-7-10-3-2-4-12(10)16/h5-6,10H,2-4,7-9H2,1H3. The van der Waals surface area contributed by atoms with Crippen LogP contribution in [0.5, 0.6) is 0 Å². The van der Waals surface area contributed by atoms with Gasteiger partial charge in [0.25, 0.3) is 0 Å². The number of carbonyl (C=O) groups is 1. The number of rotatable bonds is 5. The number of Topliss-reactive ketones (excluding diaryl/α,β-unsaturated/α-hetero) is 1. The summed E-state index contributed by atoms with van der Waals surface area (Å²) >= 11 is 7.53. The van der Waals surface area contributed by atoms with Crippen molar-refractivity contribution in [3.8, 4) is 0 Å².